The van der Waals surface area contributed by atoms with E-state index in [0.29, 0.717) is 6.42 Å². The lowest BCUT2D eigenvalue weighted by molar-refractivity contribution is 0.290. The monoisotopic (exact) mass is 248 g/mol. The molecule has 0 N–H and O–H groups in total. The molecule has 0 saturated heterocycles. The van der Waals surface area contributed by atoms with E-state index in [-0.39, 0.29) is 6.04 Å². The van der Waals surface area contributed by atoms with Crippen LogP contribution < -0.4 is 9.47 Å². The molecule has 0 aromatic heterocycles. The van der Waals surface area contributed by atoms with Crippen molar-refractivity contribution in [2.75, 3.05) is 28.3 Å². The number of rotatable bonds is 5. The average molecular weight is 248 g/mol. The molecule has 4 nitrogen and oxygen atoms in total. The molecule has 1 rings (SSSR count). The minimum absolute atomic E-state index is 0.0239. The van der Waals surface area contributed by atoms with Crippen LogP contribution in [-0.4, -0.2) is 33.2 Å². The lowest BCUT2D eigenvalue weighted by Gasteiger charge is -2.26. The van der Waals surface area contributed by atoms with E-state index in [1.165, 1.54) is 0 Å². The highest BCUT2D eigenvalue weighted by Crippen LogP contribution is 2.36. The Labute approximate surface area is 109 Å². The third-order valence-electron chi connectivity index (χ3n) is 3.02. The van der Waals surface area contributed by atoms with Gasteiger partial charge in [-0.1, -0.05) is 0 Å². The normalized spacial score (nSPS) is 12.1. The van der Waals surface area contributed by atoms with Crippen molar-refractivity contribution in [1.29, 1.82) is 5.26 Å². The van der Waals surface area contributed by atoms with Gasteiger partial charge in [-0.15, -0.1) is 0 Å². The smallest absolute Gasteiger partial charge is 0.127 e. The minimum Gasteiger partial charge on any atom is -0.497 e. The Morgan fingerprint density at radius 2 is 1.94 bits per heavy atom. The van der Waals surface area contributed by atoms with Crippen molar-refractivity contribution >= 4 is 0 Å². The van der Waals surface area contributed by atoms with Crippen LogP contribution in [0.5, 0.6) is 11.5 Å². The van der Waals surface area contributed by atoms with Crippen LogP contribution in [0.2, 0.25) is 0 Å². The lowest BCUT2D eigenvalue weighted by Crippen LogP contribution is -2.21. The summed E-state index contributed by atoms with van der Waals surface area (Å²) >= 11 is 0. The summed E-state index contributed by atoms with van der Waals surface area (Å²) in [6, 6.07) is 6.07. The highest BCUT2D eigenvalue weighted by atomic mass is 16.5. The Morgan fingerprint density at radius 1 is 1.28 bits per heavy atom. The summed E-state index contributed by atoms with van der Waals surface area (Å²) < 4.78 is 10.7. The molecule has 0 bridgehead atoms. The van der Waals surface area contributed by atoms with E-state index in [0.717, 1.165) is 22.6 Å². The Morgan fingerprint density at radius 3 is 2.39 bits per heavy atom. The van der Waals surface area contributed by atoms with Crippen molar-refractivity contribution in [1.82, 2.24) is 4.90 Å². The summed E-state index contributed by atoms with van der Waals surface area (Å²) in [7, 11) is 7.19. The van der Waals surface area contributed by atoms with Crippen molar-refractivity contribution in [3.63, 3.8) is 0 Å². The molecule has 1 atom stereocenters. The molecule has 0 aliphatic heterocycles. The van der Waals surface area contributed by atoms with E-state index in [1.807, 2.05) is 38.1 Å². The third kappa shape index (κ3) is 2.93. The average Bonchev–Trinajstić information content (AvgIpc) is 2.35. The van der Waals surface area contributed by atoms with Gasteiger partial charge in [0.15, 0.2) is 0 Å². The topological polar surface area (TPSA) is 45.5 Å². The molecule has 1 aromatic carbocycles. The van der Waals surface area contributed by atoms with Gasteiger partial charge in [-0.3, -0.25) is 0 Å². The van der Waals surface area contributed by atoms with Gasteiger partial charge in [0.2, 0.25) is 0 Å². The van der Waals surface area contributed by atoms with Crippen LogP contribution in [0.3, 0.4) is 0 Å². The molecular weight excluding hydrogens is 228 g/mol. The van der Waals surface area contributed by atoms with Gasteiger partial charge in [-0.25, -0.2) is 0 Å². The second-order valence-corrected chi connectivity index (χ2v) is 4.40. The van der Waals surface area contributed by atoms with Gasteiger partial charge in [0, 0.05) is 11.6 Å². The zero-order valence-electron chi connectivity index (χ0n) is 11.7. The Kier molecular flexibility index (Phi) is 4.99. The van der Waals surface area contributed by atoms with E-state index in [1.54, 1.807) is 14.2 Å². The fourth-order valence-corrected chi connectivity index (χ4v) is 2.08. The van der Waals surface area contributed by atoms with Crippen LogP contribution in [-0.2, 0) is 0 Å². The van der Waals surface area contributed by atoms with Crippen molar-refractivity contribution in [3.8, 4) is 17.6 Å². The first-order valence-corrected chi connectivity index (χ1v) is 5.81. The summed E-state index contributed by atoms with van der Waals surface area (Å²) in [6.07, 6.45) is 0.427. The quantitative estimate of drug-likeness (QED) is 0.803. The third-order valence-corrected chi connectivity index (χ3v) is 3.02. The van der Waals surface area contributed by atoms with Crippen molar-refractivity contribution in [3.05, 3.63) is 23.3 Å². The standard InChI is InChI=1S/C14H20N2O2/c1-10-8-11(17-4)9-13(18-5)14(10)12(6-7-15)16(2)3/h8-9,12H,6H2,1-5H3. The number of ether oxygens (including phenoxy) is 2. The number of hydrogen-bond acceptors (Lipinski definition) is 4. The van der Waals surface area contributed by atoms with Crippen LogP contribution in [0.15, 0.2) is 12.1 Å². The predicted octanol–water partition coefficient (Wildman–Crippen LogP) is 2.53. The van der Waals surface area contributed by atoms with E-state index < -0.39 is 0 Å². The number of methoxy groups -OCH3 is 2. The number of nitrogens with zero attached hydrogens (tertiary/aromatic N) is 2. The van der Waals surface area contributed by atoms with Gasteiger partial charge < -0.3 is 14.4 Å². The molecule has 0 amide bonds. The molecule has 0 radical (unpaired) electrons. The first-order valence-electron chi connectivity index (χ1n) is 5.81. The van der Waals surface area contributed by atoms with Gasteiger partial charge in [0.05, 0.1) is 32.8 Å². The second kappa shape index (κ2) is 6.27. The van der Waals surface area contributed by atoms with E-state index in [4.69, 9.17) is 14.7 Å². The molecular formula is C14H20N2O2. The Hall–Kier alpha value is -1.73. The first kappa shape index (κ1) is 14.3. The van der Waals surface area contributed by atoms with Crippen LogP contribution >= 0.6 is 0 Å². The van der Waals surface area contributed by atoms with Crippen LogP contribution in [0, 0.1) is 18.3 Å². The number of hydrogen-bond donors (Lipinski definition) is 0. The highest BCUT2D eigenvalue weighted by Gasteiger charge is 2.21. The van der Waals surface area contributed by atoms with Crippen LogP contribution in [0.4, 0.5) is 0 Å². The summed E-state index contributed by atoms with van der Waals surface area (Å²) in [5.41, 5.74) is 2.12. The summed E-state index contributed by atoms with van der Waals surface area (Å²) in [5.74, 6) is 1.53. The molecule has 1 unspecified atom stereocenters. The summed E-state index contributed by atoms with van der Waals surface area (Å²) in [4.78, 5) is 2.03. The van der Waals surface area contributed by atoms with Crippen molar-refractivity contribution < 1.29 is 9.47 Å². The number of aryl methyl sites for hydroxylation is 1. The SMILES string of the molecule is COc1cc(C)c(C(CC#N)N(C)C)c(OC)c1. The lowest BCUT2D eigenvalue weighted by atomic mass is 9.96. The maximum absolute atomic E-state index is 8.96. The summed E-state index contributed by atoms with van der Waals surface area (Å²) in [6.45, 7) is 2.01. The van der Waals surface area contributed by atoms with Gasteiger partial charge in [-0.2, -0.15) is 5.26 Å². The predicted molar refractivity (Wildman–Crippen MR) is 70.9 cm³/mol. The Bertz CT molecular complexity index is 450. The fraction of sp³-hybridized carbons (Fsp3) is 0.500. The van der Waals surface area contributed by atoms with Crippen LogP contribution in [0.1, 0.15) is 23.6 Å². The van der Waals surface area contributed by atoms with Gasteiger partial charge >= 0.3 is 0 Å². The molecule has 0 saturated carbocycles. The number of benzene rings is 1. The fourth-order valence-electron chi connectivity index (χ4n) is 2.08. The maximum Gasteiger partial charge on any atom is 0.127 e. The van der Waals surface area contributed by atoms with Gasteiger partial charge in [0.1, 0.15) is 11.5 Å². The molecule has 98 valence electrons. The molecule has 0 aliphatic rings. The highest BCUT2D eigenvalue weighted by molar-refractivity contribution is 5.48. The largest absolute Gasteiger partial charge is 0.497 e. The molecule has 0 aliphatic carbocycles. The van der Waals surface area contributed by atoms with Gasteiger partial charge in [-0.05, 0) is 32.6 Å². The summed E-state index contributed by atoms with van der Waals surface area (Å²) in [5, 5.41) is 8.96. The van der Waals surface area contributed by atoms with E-state index in [2.05, 4.69) is 6.07 Å². The molecule has 1 aromatic rings. The second-order valence-electron chi connectivity index (χ2n) is 4.40. The minimum atomic E-state index is 0.0239. The van der Waals surface area contributed by atoms with E-state index in [9.17, 15) is 0 Å². The number of nitriles is 1. The molecule has 4 heteroatoms. The van der Waals surface area contributed by atoms with Crippen molar-refractivity contribution in [2.45, 2.75) is 19.4 Å². The Balaban J connectivity index is 3.33. The first-order chi connectivity index (χ1) is 8.54. The zero-order valence-corrected chi connectivity index (χ0v) is 11.7. The maximum atomic E-state index is 8.96. The molecule has 18 heavy (non-hydrogen) atoms. The molecule has 0 fully saturated rings. The van der Waals surface area contributed by atoms with E-state index >= 15 is 0 Å². The van der Waals surface area contributed by atoms with Crippen LogP contribution in [0.25, 0.3) is 0 Å². The van der Waals surface area contributed by atoms with Gasteiger partial charge in [0.25, 0.3) is 0 Å². The van der Waals surface area contributed by atoms with Crippen molar-refractivity contribution in [2.24, 2.45) is 0 Å². The zero-order chi connectivity index (χ0) is 13.7. The molecule has 0 spiro atoms. The molecule has 0 heterocycles.